The maximum atomic E-state index is 5.97. The van der Waals surface area contributed by atoms with E-state index in [0.29, 0.717) is 12.6 Å². The topological polar surface area (TPSA) is 25.2 Å². The van der Waals surface area contributed by atoms with Gasteiger partial charge in [-0.25, -0.2) is 0 Å². The second-order valence-corrected chi connectivity index (χ2v) is 6.60. The third-order valence-corrected chi connectivity index (χ3v) is 4.88. The Hall–Kier alpha value is -1.84. The van der Waals surface area contributed by atoms with Crippen molar-refractivity contribution in [3.8, 4) is 11.3 Å². The average molecular weight is 370 g/mol. The summed E-state index contributed by atoms with van der Waals surface area (Å²) >= 11 is 3.53. The summed E-state index contributed by atoms with van der Waals surface area (Å²) in [5, 5.41) is 3.50. The maximum absolute atomic E-state index is 5.97. The van der Waals surface area contributed by atoms with Crippen molar-refractivity contribution in [3.63, 3.8) is 0 Å². The van der Waals surface area contributed by atoms with Gasteiger partial charge in [-0.2, -0.15) is 0 Å². The van der Waals surface area contributed by atoms with Gasteiger partial charge in [0.25, 0.3) is 0 Å². The lowest BCUT2D eigenvalue weighted by Crippen LogP contribution is -2.17. The van der Waals surface area contributed by atoms with Gasteiger partial charge in [-0.15, -0.1) is 0 Å². The number of aryl methyl sites for hydroxylation is 1. The molecule has 0 aliphatic carbocycles. The molecule has 0 unspecified atom stereocenters. The quantitative estimate of drug-likeness (QED) is 0.608. The van der Waals surface area contributed by atoms with E-state index in [1.54, 1.807) is 0 Å². The maximum Gasteiger partial charge on any atom is 0.134 e. The first kappa shape index (κ1) is 16.0. The molecular formula is C20H20BrNO. The Morgan fingerprint density at radius 3 is 2.57 bits per heavy atom. The van der Waals surface area contributed by atoms with Gasteiger partial charge < -0.3 is 9.73 Å². The molecule has 0 aliphatic rings. The van der Waals surface area contributed by atoms with Crippen LogP contribution in [0.25, 0.3) is 11.3 Å². The lowest BCUT2D eigenvalue weighted by atomic mass is 10.1. The van der Waals surface area contributed by atoms with Crippen LogP contribution in [0.15, 0.2) is 69.6 Å². The normalized spacial score (nSPS) is 12.3. The van der Waals surface area contributed by atoms with Crippen molar-refractivity contribution in [2.45, 2.75) is 26.4 Å². The van der Waals surface area contributed by atoms with Gasteiger partial charge in [-0.1, -0.05) is 52.3 Å². The van der Waals surface area contributed by atoms with Gasteiger partial charge in [-0.05, 0) is 49.2 Å². The number of hydrogen-bond acceptors (Lipinski definition) is 2. The van der Waals surface area contributed by atoms with E-state index in [0.717, 1.165) is 21.6 Å². The van der Waals surface area contributed by atoms with E-state index in [1.165, 1.54) is 11.1 Å². The van der Waals surface area contributed by atoms with Crippen molar-refractivity contribution in [2.75, 3.05) is 0 Å². The van der Waals surface area contributed by atoms with E-state index >= 15 is 0 Å². The fourth-order valence-electron chi connectivity index (χ4n) is 2.54. The van der Waals surface area contributed by atoms with Gasteiger partial charge in [0, 0.05) is 16.1 Å². The Balaban J connectivity index is 1.66. The number of halogens is 1. The van der Waals surface area contributed by atoms with E-state index in [-0.39, 0.29) is 0 Å². The SMILES string of the molecule is Cc1cc(-c2ccc(CN[C@H](C)c3ccccc3)o2)ccc1Br. The van der Waals surface area contributed by atoms with E-state index < -0.39 is 0 Å². The highest BCUT2D eigenvalue weighted by atomic mass is 79.9. The van der Waals surface area contributed by atoms with Crippen LogP contribution in [0.4, 0.5) is 0 Å². The van der Waals surface area contributed by atoms with Crippen LogP contribution in [0, 0.1) is 6.92 Å². The molecule has 0 saturated heterocycles. The Morgan fingerprint density at radius 1 is 1.04 bits per heavy atom. The highest BCUT2D eigenvalue weighted by Gasteiger charge is 2.08. The first-order valence-corrected chi connectivity index (χ1v) is 8.56. The van der Waals surface area contributed by atoms with E-state index in [1.807, 2.05) is 18.2 Å². The first-order chi connectivity index (χ1) is 11.1. The van der Waals surface area contributed by atoms with Gasteiger partial charge >= 0.3 is 0 Å². The van der Waals surface area contributed by atoms with E-state index in [4.69, 9.17) is 4.42 Å². The molecule has 0 saturated carbocycles. The highest BCUT2D eigenvalue weighted by molar-refractivity contribution is 9.10. The molecule has 23 heavy (non-hydrogen) atoms. The Bertz CT molecular complexity index is 779. The lowest BCUT2D eigenvalue weighted by Gasteiger charge is -2.12. The van der Waals surface area contributed by atoms with Crippen LogP contribution in [-0.4, -0.2) is 0 Å². The molecule has 0 aliphatic heterocycles. The molecule has 3 rings (SSSR count). The van der Waals surface area contributed by atoms with Crippen LogP contribution < -0.4 is 5.32 Å². The molecule has 0 amide bonds. The summed E-state index contributed by atoms with van der Waals surface area (Å²) < 4.78 is 7.09. The summed E-state index contributed by atoms with van der Waals surface area (Å²) in [5.41, 5.74) is 3.59. The predicted molar refractivity (Wildman–Crippen MR) is 98.3 cm³/mol. The molecule has 0 spiro atoms. The minimum atomic E-state index is 0.291. The van der Waals surface area contributed by atoms with Gasteiger partial charge in [0.15, 0.2) is 0 Å². The smallest absolute Gasteiger partial charge is 0.134 e. The number of rotatable bonds is 5. The lowest BCUT2D eigenvalue weighted by molar-refractivity contribution is 0.468. The zero-order chi connectivity index (χ0) is 16.2. The summed E-state index contributed by atoms with van der Waals surface area (Å²) in [4.78, 5) is 0. The van der Waals surface area contributed by atoms with Crippen molar-refractivity contribution < 1.29 is 4.42 Å². The summed E-state index contributed by atoms with van der Waals surface area (Å²) in [7, 11) is 0. The summed E-state index contributed by atoms with van der Waals surface area (Å²) in [6.07, 6.45) is 0. The van der Waals surface area contributed by atoms with Gasteiger partial charge in [0.2, 0.25) is 0 Å². The highest BCUT2D eigenvalue weighted by Crippen LogP contribution is 2.26. The molecule has 1 heterocycles. The van der Waals surface area contributed by atoms with Crippen LogP contribution in [-0.2, 0) is 6.54 Å². The van der Waals surface area contributed by atoms with E-state index in [9.17, 15) is 0 Å². The molecule has 0 bridgehead atoms. The molecule has 3 heteroatoms. The van der Waals surface area contributed by atoms with Crippen molar-refractivity contribution in [3.05, 3.63) is 82.0 Å². The summed E-state index contributed by atoms with van der Waals surface area (Å²) in [6.45, 7) is 4.96. The van der Waals surface area contributed by atoms with Crippen molar-refractivity contribution in [1.82, 2.24) is 5.32 Å². The van der Waals surface area contributed by atoms with Crippen LogP contribution in [0.1, 0.15) is 29.9 Å². The minimum Gasteiger partial charge on any atom is -0.460 e. The summed E-state index contributed by atoms with van der Waals surface area (Å²) in [6, 6.07) is 21.1. The Kier molecular flexibility index (Phi) is 4.99. The number of hydrogen-bond donors (Lipinski definition) is 1. The average Bonchev–Trinajstić information content (AvgIpc) is 3.05. The molecule has 0 fully saturated rings. The number of benzene rings is 2. The third-order valence-electron chi connectivity index (χ3n) is 3.99. The molecule has 2 aromatic carbocycles. The van der Waals surface area contributed by atoms with Crippen molar-refractivity contribution >= 4 is 15.9 Å². The fourth-order valence-corrected chi connectivity index (χ4v) is 2.79. The van der Waals surface area contributed by atoms with Crippen molar-refractivity contribution in [1.29, 1.82) is 0 Å². The Morgan fingerprint density at radius 2 is 1.83 bits per heavy atom. The van der Waals surface area contributed by atoms with Gasteiger partial charge in [-0.3, -0.25) is 0 Å². The molecule has 1 aromatic heterocycles. The molecule has 1 atom stereocenters. The zero-order valence-corrected chi connectivity index (χ0v) is 14.9. The fraction of sp³-hybridized carbons (Fsp3) is 0.200. The Labute approximate surface area is 145 Å². The molecular weight excluding hydrogens is 350 g/mol. The number of furan rings is 1. The summed E-state index contributed by atoms with van der Waals surface area (Å²) in [5.74, 6) is 1.85. The van der Waals surface area contributed by atoms with E-state index in [2.05, 4.69) is 77.6 Å². The molecule has 118 valence electrons. The van der Waals surface area contributed by atoms with Gasteiger partial charge in [0.05, 0.1) is 6.54 Å². The predicted octanol–water partition coefficient (Wildman–Crippen LogP) is 5.87. The largest absolute Gasteiger partial charge is 0.460 e. The monoisotopic (exact) mass is 369 g/mol. The molecule has 3 aromatic rings. The zero-order valence-electron chi connectivity index (χ0n) is 13.3. The second-order valence-electron chi connectivity index (χ2n) is 5.74. The van der Waals surface area contributed by atoms with Crippen LogP contribution in [0.5, 0.6) is 0 Å². The number of nitrogens with one attached hydrogen (secondary N) is 1. The molecule has 1 N–H and O–H groups in total. The second kappa shape index (κ2) is 7.16. The first-order valence-electron chi connectivity index (χ1n) is 7.77. The van der Waals surface area contributed by atoms with Gasteiger partial charge in [0.1, 0.15) is 11.5 Å². The minimum absolute atomic E-state index is 0.291. The van der Waals surface area contributed by atoms with Crippen LogP contribution >= 0.6 is 15.9 Å². The van der Waals surface area contributed by atoms with Crippen LogP contribution in [0.2, 0.25) is 0 Å². The standard InChI is InChI=1S/C20H20BrNO/c1-14-12-17(8-10-19(14)21)20-11-9-18(23-20)13-22-15(2)16-6-4-3-5-7-16/h3-12,15,22H,13H2,1-2H3/t15-/m1/s1. The molecule has 0 radical (unpaired) electrons. The van der Waals surface area contributed by atoms with Crippen molar-refractivity contribution in [2.24, 2.45) is 0 Å². The van der Waals surface area contributed by atoms with Crippen LogP contribution in [0.3, 0.4) is 0 Å². The third kappa shape index (κ3) is 3.92. The molecule has 2 nitrogen and oxygen atoms in total.